The molecule has 2 aromatic rings. The molecule has 0 spiro atoms. The van der Waals surface area contributed by atoms with Gasteiger partial charge in [0.2, 0.25) is 10.0 Å². The topological polar surface area (TPSA) is 92.8 Å². The van der Waals surface area contributed by atoms with E-state index in [-0.39, 0.29) is 19.7 Å². The van der Waals surface area contributed by atoms with Gasteiger partial charge in [-0.05, 0) is 75.3 Å². The van der Waals surface area contributed by atoms with Crippen molar-refractivity contribution in [2.45, 2.75) is 43.4 Å². The number of nitrogens with one attached hydrogen (secondary N) is 1. The average molecular weight is 491 g/mol. The Morgan fingerprint density at radius 3 is 2.18 bits per heavy atom. The number of hydrogen-bond acceptors (Lipinski definition) is 6. The number of amides is 1. The van der Waals surface area contributed by atoms with E-state index in [4.69, 9.17) is 4.74 Å². The highest BCUT2D eigenvalue weighted by Crippen LogP contribution is 2.29. The first kappa shape index (κ1) is 25.3. The number of thioether (sulfide) groups is 1. The summed E-state index contributed by atoms with van der Waals surface area (Å²) in [5.74, 6) is -1.31. The number of piperidine rings is 1. The molecular weight excluding hydrogens is 460 g/mol. The summed E-state index contributed by atoms with van der Waals surface area (Å²) < 4.78 is 33.0. The maximum absolute atomic E-state index is 13.2. The second kappa shape index (κ2) is 10.7. The zero-order valence-electron chi connectivity index (χ0n) is 19.4. The van der Waals surface area contributed by atoms with Crippen LogP contribution in [-0.2, 0) is 24.3 Å². The van der Waals surface area contributed by atoms with Crippen molar-refractivity contribution < 1.29 is 22.7 Å². The second-order valence-corrected chi connectivity index (χ2v) is 11.0. The van der Waals surface area contributed by atoms with Crippen molar-refractivity contribution in [3.05, 3.63) is 53.1 Å². The number of aryl methyl sites for hydroxylation is 3. The fourth-order valence-corrected chi connectivity index (χ4v) is 6.45. The van der Waals surface area contributed by atoms with Crippen molar-refractivity contribution in [1.82, 2.24) is 4.31 Å². The monoisotopic (exact) mass is 490 g/mol. The summed E-state index contributed by atoms with van der Waals surface area (Å²) in [6.45, 7) is 5.66. The molecule has 1 N–H and O–H groups in total. The molecule has 33 heavy (non-hydrogen) atoms. The average Bonchev–Trinajstić information content (AvgIpc) is 2.77. The van der Waals surface area contributed by atoms with Gasteiger partial charge in [0.15, 0.2) is 6.61 Å². The van der Waals surface area contributed by atoms with Gasteiger partial charge < -0.3 is 10.1 Å². The van der Waals surface area contributed by atoms with Gasteiger partial charge in [-0.2, -0.15) is 4.31 Å². The van der Waals surface area contributed by atoms with Crippen LogP contribution in [0.5, 0.6) is 0 Å². The summed E-state index contributed by atoms with van der Waals surface area (Å²) in [4.78, 5) is 26.0. The van der Waals surface area contributed by atoms with Gasteiger partial charge in [-0.25, -0.2) is 8.42 Å². The highest BCUT2D eigenvalue weighted by atomic mass is 32.2. The van der Waals surface area contributed by atoms with Gasteiger partial charge in [0.25, 0.3) is 5.91 Å². The number of rotatable bonds is 7. The van der Waals surface area contributed by atoms with Crippen molar-refractivity contribution in [1.29, 1.82) is 0 Å². The number of anilines is 1. The van der Waals surface area contributed by atoms with E-state index in [1.165, 1.54) is 4.31 Å². The Labute approximate surface area is 199 Å². The van der Waals surface area contributed by atoms with Crippen LogP contribution in [0.25, 0.3) is 0 Å². The first-order chi connectivity index (χ1) is 15.6. The minimum atomic E-state index is -3.64. The Kier molecular flexibility index (Phi) is 8.20. The molecule has 0 aromatic heterocycles. The molecule has 0 bridgehead atoms. The summed E-state index contributed by atoms with van der Waals surface area (Å²) in [5, 5.41) is 2.70. The first-order valence-electron chi connectivity index (χ1n) is 10.8. The lowest BCUT2D eigenvalue weighted by Gasteiger charge is -2.31. The Bertz CT molecular complexity index is 1100. The zero-order chi connectivity index (χ0) is 24.2. The van der Waals surface area contributed by atoms with E-state index in [1.54, 1.807) is 37.7 Å². The van der Waals surface area contributed by atoms with Gasteiger partial charge in [0.1, 0.15) is 0 Å². The van der Waals surface area contributed by atoms with Crippen LogP contribution in [-0.4, -0.2) is 50.6 Å². The molecule has 7 nitrogen and oxygen atoms in total. The highest BCUT2D eigenvalue weighted by Gasteiger charge is 2.34. The number of hydrogen-bond donors (Lipinski definition) is 1. The molecule has 0 radical (unpaired) electrons. The van der Waals surface area contributed by atoms with Crippen molar-refractivity contribution in [3.8, 4) is 0 Å². The predicted octanol–water partition coefficient (Wildman–Crippen LogP) is 3.92. The molecule has 1 fully saturated rings. The third kappa shape index (κ3) is 6.16. The lowest BCUT2D eigenvalue weighted by molar-refractivity contribution is -0.152. The van der Waals surface area contributed by atoms with Gasteiger partial charge in [-0.3, -0.25) is 9.59 Å². The largest absolute Gasteiger partial charge is 0.455 e. The van der Waals surface area contributed by atoms with E-state index in [0.717, 1.165) is 21.6 Å². The maximum atomic E-state index is 13.2. The van der Waals surface area contributed by atoms with Crippen molar-refractivity contribution in [2.24, 2.45) is 5.92 Å². The maximum Gasteiger partial charge on any atom is 0.309 e. The Balaban J connectivity index is 1.52. The van der Waals surface area contributed by atoms with Crippen LogP contribution >= 0.6 is 11.8 Å². The van der Waals surface area contributed by atoms with Crippen molar-refractivity contribution in [3.63, 3.8) is 0 Å². The number of ether oxygens (including phenoxy) is 1. The summed E-state index contributed by atoms with van der Waals surface area (Å²) >= 11 is 1.61. The molecule has 1 aliphatic heterocycles. The molecule has 1 amide bonds. The molecule has 1 aliphatic rings. The normalized spacial score (nSPS) is 15.3. The fraction of sp³-hybridized carbons (Fsp3) is 0.417. The van der Waals surface area contributed by atoms with Crippen LogP contribution < -0.4 is 5.32 Å². The Morgan fingerprint density at radius 2 is 1.64 bits per heavy atom. The summed E-state index contributed by atoms with van der Waals surface area (Å²) in [6, 6.07) is 11.1. The minimum Gasteiger partial charge on any atom is -0.455 e. The van der Waals surface area contributed by atoms with E-state index in [0.29, 0.717) is 23.4 Å². The molecule has 0 unspecified atom stereocenters. The van der Waals surface area contributed by atoms with Crippen LogP contribution in [0.3, 0.4) is 0 Å². The second-order valence-electron chi connectivity index (χ2n) is 8.29. The smallest absolute Gasteiger partial charge is 0.309 e. The van der Waals surface area contributed by atoms with Crippen LogP contribution in [0.2, 0.25) is 0 Å². The summed E-state index contributed by atoms with van der Waals surface area (Å²) in [5.41, 5.74) is 3.10. The van der Waals surface area contributed by atoms with Gasteiger partial charge >= 0.3 is 5.97 Å². The molecular formula is C24H30N2O5S2. The number of carbonyl (C=O) groups excluding carboxylic acids is 2. The molecule has 178 valence electrons. The molecule has 0 saturated carbocycles. The number of nitrogens with zero attached hydrogens (tertiary/aromatic N) is 1. The molecule has 1 saturated heterocycles. The highest BCUT2D eigenvalue weighted by molar-refractivity contribution is 7.98. The third-order valence-electron chi connectivity index (χ3n) is 5.71. The summed E-state index contributed by atoms with van der Waals surface area (Å²) in [7, 11) is -3.64. The lowest BCUT2D eigenvalue weighted by Crippen LogP contribution is -2.41. The number of esters is 1. The predicted molar refractivity (Wildman–Crippen MR) is 130 cm³/mol. The quantitative estimate of drug-likeness (QED) is 0.467. The molecule has 0 atom stereocenters. The van der Waals surface area contributed by atoms with Gasteiger partial charge in [0, 0.05) is 23.7 Å². The fourth-order valence-electron chi connectivity index (χ4n) is 4.16. The van der Waals surface area contributed by atoms with Crippen LogP contribution in [0.1, 0.15) is 29.5 Å². The zero-order valence-corrected chi connectivity index (χ0v) is 21.0. The third-order valence-corrected chi connectivity index (χ3v) is 8.66. The number of carbonyl (C=O) groups is 2. The SMILES string of the molecule is CSc1ccc(NC(=O)COC(=O)C2CCN(S(=O)(=O)c3c(C)cc(C)cc3C)CC2)cc1. The number of sulfonamides is 1. The molecule has 2 aromatic carbocycles. The minimum absolute atomic E-state index is 0.239. The van der Waals surface area contributed by atoms with Gasteiger partial charge in [-0.1, -0.05) is 17.7 Å². The Hall–Kier alpha value is -2.36. The van der Waals surface area contributed by atoms with E-state index in [9.17, 15) is 18.0 Å². The van der Waals surface area contributed by atoms with Crippen LogP contribution in [0, 0.1) is 26.7 Å². The number of benzene rings is 2. The van der Waals surface area contributed by atoms with Crippen LogP contribution in [0.15, 0.2) is 46.2 Å². The van der Waals surface area contributed by atoms with Crippen molar-refractivity contribution >= 4 is 39.3 Å². The van der Waals surface area contributed by atoms with Crippen LogP contribution in [0.4, 0.5) is 5.69 Å². The van der Waals surface area contributed by atoms with Gasteiger partial charge in [-0.15, -0.1) is 11.8 Å². The van der Waals surface area contributed by atoms with E-state index in [2.05, 4.69) is 5.32 Å². The molecule has 3 rings (SSSR count). The lowest BCUT2D eigenvalue weighted by atomic mass is 9.98. The Morgan fingerprint density at radius 1 is 1.06 bits per heavy atom. The van der Waals surface area contributed by atoms with E-state index >= 15 is 0 Å². The van der Waals surface area contributed by atoms with Gasteiger partial charge in [0.05, 0.1) is 10.8 Å². The molecule has 0 aliphatic carbocycles. The standard InChI is InChI=1S/C24H30N2O5S2/c1-16-13-17(2)23(18(3)14-16)33(29,30)26-11-9-19(10-12-26)24(28)31-15-22(27)25-20-5-7-21(32-4)8-6-20/h5-8,13-14,19H,9-12,15H2,1-4H3,(H,25,27). The first-order valence-corrected chi connectivity index (χ1v) is 13.5. The molecule has 1 heterocycles. The summed E-state index contributed by atoms with van der Waals surface area (Å²) in [6.07, 6.45) is 2.69. The van der Waals surface area contributed by atoms with Crippen molar-refractivity contribution in [2.75, 3.05) is 31.3 Å². The van der Waals surface area contributed by atoms with E-state index < -0.39 is 27.8 Å². The van der Waals surface area contributed by atoms with E-state index in [1.807, 2.05) is 37.4 Å². The molecule has 9 heteroatoms.